The van der Waals surface area contributed by atoms with Gasteiger partial charge in [-0.2, -0.15) is 0 Å². The molecule has 0 unspecified atom stereocenters. The zero-order chi connectivity index (χ0) is 28.9. The maximum atomic E-state index is 13.8. The van der Waals surface area contributed by atoms with Crippen LogP contribution in [0.3, 0.4) is 0 Å². The van der Waals surface area contributed by atoms with Gasteiger partial charge in [0.1, 0.15) is 5.82 Å². The standard InChI is InChI=1S/C30H34ClFN4O4/c1-30(2,36-28(37)17-33-3)20-15-21(35-25(16-20)18-5-9-24(32)23(31)13-18)11-12-34-29(38)19-6-10-26(27(14-19)39-4)40-22-7-8-22/h5-6,9-10,13-16,22,33H,7-8,11-12,17H2,1-4H3,(H,34,38)(H,36,37). The Kier molecular flexibility index (Phi) is 9.27. The predicted octanol–water partition coefficient (Wildman–Crippen LogP) is 4.63. The molecule has 1 saturated carbocycles. The van der Waals surface area contributed by atoms with Crippen molar-refractivity contribution in [2.24, 2.45) is 0 Å². The third-order valence-electron chi connectivity index (χ3n) is 6.52. The van der Waals surface area contributed by atoms with Crippen LogP contribution >= 0.6 is 11.6 Å². The van der Waals surface area contributed by atoms with Crippen molar-refractivity contribution in [3.05, 3.63) is 76.2 Å². The summed E-state index contributed by atoms with van der Waals surface area (Å²) in [5.74, 6) is 0.207. The van der Waals surface area contributed by atoms with Crippen LogP contribution in [0.5, 0.6) is 11.5 Å². The van der Waals surface area contributed by atoms with E-state index < -0.39 is 11.4 Å². The molecule has 0 spiro atoms. The first kappa shape index (κ1) is 29.3. The monoisotopic (exact) mass is 568 g/mol. The highest BCUT2D eigenvalue weighted by atomic mass is 35.5. The average molecular weight is 569 g/mol. The Morgan fingerprint density at radius 1 is 1.10 bits per heavy atom. The summed E-state index contributed by atoms with van der Waals surface area (Å²) < 4.78 is 25.1. The number of halogens is 2. The molecule has 0 bridgehead atoms. The largest absolute Gasteiger partial charge is 0.493 e. The van der Waals surface area contributed by atoms with E-state index in [2.05, 4.69) is 16.0 Å². The molecular weight excluding hydrogens is 535 g/mol. The van der Waals surface area contributed by atoms with Gasteiger partial charge >= 0.3 is 0 Å². The molecule has 0 radical (unpaired) electrons. The number of aromatic nitrogens is 1. The van der Waals surface area contributed by atoms with Crippen molar-refractivity contribution < 1.29 is 23.5 Å². The Balaban J connectivity index is 1.52. The molecule has 3 N–H and O–H groups in total. The second-order valence-corrected chi connectivity index (χ2v) is 10.7. The van der Waals surface area contributed by atoms with E-state index in [4.69, 9.17) is 26.1 Å². The van der Waals surface area contributed by atoms with E-state index in [0.717, 1.165) is 18.4 Å². The van der Waals surface area contributed by atoms with E-state index in [1.807, 2.05) is 26.0 Å². The van der Waals surface area contributed by atoms with Gasteiger partial charge in [0.15, 0.2) is 11.5 Å². The molecule has 3 aromatic rings. The maximum absolute atomic E-state index is 13.8. The fraction of sp³-hybridized carbons (Fsp3) is 0.367. The van der Waals surface area contributed by atoms with Crippen molar-refractivity contribution in [3.63, 3.8) is 0 Å². The number of methoxy groups -OCH3 is 1. The highest BCUT2D eigenvalue weighted by Crippen LogP contribution is 2.34. The number of ether oxygens (including phenoxy) is 2. The minimum Gasteiger partial charge on any atom is -0.493 e. The molecule has 2 aromatic carbocycles. The van der Waals surface area contributed by atoms with Crippen molar-refractivity contribution in [2.75, 3.05) is 27.2 Å². The van der Waals surface area contributed by atoms with Gasteiger partial charge in [0.2, 0.25) is 5.91 Å². The summed E-state index contributed by atoms with van der Waals surface area (Å²) in [5, 5.41) is 8.78. The zero-order valence-corrected chi connectivity index (χ0v) is 23.8. The summed E-state index contributed by atoms with van der Waals surface area (Å²) in [4.78, 5) is 30.0. The van der Waals surface area contributed by atoms with Gasteiger partial charge in [0.05, 0.1) is 36.0 Å². The summed E-state index contributed by atoms with van der Waals surface area (Å²) in [6.45, 7) is 4.28. The van der Waals surface area contributed by atoms with Gasteiger partial charge in [0.25, 0.3) is 5.91 Å². The van der Waals surface area contributed by atoms with Gasteiger partial charge < -0.3 is 25.4 Å². The van der Waals surface area contributed by atoms with Gasteiger partial charge in [-0.25, -0.2) is 4.39 Å². The van der Waals surface area contributed by atoms with Crippen LogP contribution in [0.4, 0.5) is 4.39 Å². The SMILES string of the molecule is CNCC(=O)NC(C)(C)c1cc(CCNC(=O)c2ccc(OC3CC3)c(OC)c2)nc(-c2ccc(F)c(Cl)c2)c1. The fourth-order valence-corrected chi connectivity index (χ4v) is 4.36. The van der Waals surface area contributed by atoms with Crippen molar-refractivity contribution in [2.45, 2.75) is 44.8 Å². The number of hydrogen-bond donors (Lipinski definition) is 3. The molecule has 0 saturated heterocycles. The minimum absolute atomic E-state index is 0.0101. The number of nitrogens with one attached hydrogen (secondary N) is 3. The van der Waals surface area contributed by atoms with Crippen LogP contribution in [-0.4, -0.2) is 50.1 Å². The summed E-state index contributed by atoms with van der Waals surface area (Å²) in [5.41, 5.74) is 2.43. The number of rotatable bonds is 12. The van der Waals surface area contributed by atoms with Gasteiger partial charge in [0, 0.05) is 29.8 Å². The molecule has 4 rings (SSSR count). The number of carbonyl (C=O) groups is 2. The lowest BCUT2D eigenvalue weighted by molar-refractivity contribution is -0.121. The van der Waals surface area contributed by atoms with Gasteiger partial charge in [-0.15, -0.1) is 0 Å². The molecule has 0 atom stereocenters. The number of pyridine rings is 1. The number of hydrogen-bond acceptors (Lipinski definition) is 6. The summed E-state index contributed by atoms with van der Waals surface area (Å²) in [7, 11) is 3.25. The molecule has 1 aromatic heterocycles. The predicted molar refractivity (Wildman–Crippen MR) is 152 cm³/mol. The minimum atomic E-state index is -0.728. The second-order valence-electron chi connectivity index (χ2n) is 10.3. The van der Waals surface area contributed by atoms with Crippen molar-refractivity contribution in [1.29, 1.82) is 0 Å². The van der Waals surface area contributed by atoms with Crippen LogP contribution < -0.4 is 25.4 Å². The lowest BCUT2D eigenvalue weighted by Gasteiger charge is -2.28. The zero-order valence-electron chi connectivity index (χ0n) is 23.1. The van der Waals surface area contributed by atoms with E-state index in [-0.39, 0.29) is 29.5 Å². The lowest BCUT2D eigenvalue weighted by atomic mass is 9.92. The summed E-state index contributed by atoms with van der Waals surface area (Å²) >= 11 is 6.04. The van der Waals surface area contributed by atoms with Gasteiger partial charge in [-0.3, -0.25) is 14.6 Å². The molecule has 1 aliphatic rings. The van der Waals surface area contributed by atoms with Crippen LogP contribution in [0.2, 0.25) is 5.02 Å². The quantitative estimate of drug-likeness (QED) is 0.294. The number of nitrogens with zero attached hydrogens (tertiary/aromatic N) is 1. The molecule has 8 nitrogen and oxygen atoms in total. The fourth-order valence-electron chi connectivity index (χ4n) is 4.18. The molecule has 212 valence electrons. The first-order valence-corrected chi connectivity index (χ1v) is 13.5. The topological polar surface area (TPSA) is 102 Å². The summed E-state index contributed by atoms with van der Waals surface area (Å²) in [6.07, 6.45) is 2.68. The van der Waals surface area contributed by atoms with Crippen LogP contribution in [0, 0.1) is 5.82 Å². The number of amides is 2. The van der Waals surface area contributed by atoms with Crippen molar-refractivity contribution >= 4 is 23.4 Å². The lowest BCUT2D eigenvalue weighted by Crippen LogP contribution is -2.44. The number of carbonyl (C=O) groups excluding carboxylic acids is 2. The normalized spacial score (nSPS) is 13.1. The Bertz CT molecular complexity index is 1390. The number of likely N-dealkylation sites (N-methyl/N-ethyl adjacent to an activating group) is 1. The summed E-state index contributed by atoms with van der Waals surface area (Å²) in [6, 6.07) is 13.3. The third-order valence-corrected chi connectivity index (χ3v) is 6.80. The molecule has 1 aliphatic carbocycles. The van der Waals surface area contributed by atoms with Crippen molar-refractivity contribution in [3.8, 4) is 22.8 Å². The van der Waals surface area contributed by atoms with Gasteiger partial charge in [-0.05, 0) is 87.8 Å². The molecule has 40 heavy (non-hydrogen) atoms. The van der Waals surface area contributed by atoms with Crippen LogP contribution in [0.15, 0.2) is 48.5 Å². The van der Waals surface area contributed by atoms with Crippen LogP contribution in [-0.2, 0) is 16.8 Å². The Morgan fingerprint density at radius 3 is 2.55 bits per heavy atom. The maximum Gasteiger partial charge on any atom is 0.251 e. The smallest absolute Gasteiger partial charge is 0.251 e. The highest BCUT2D eigenvalue weighted by molar-refractivity contribution is 6.31. The first-order chi connectivity index (χ1) is 19.1. The molecule has 2 amide bonds. The van der Waals surface area contributed by atoms with E-state index in [9.17, 15) is 14.0 Å². The van der Waals surface area contributed by atoms with E-state index in [0.29, 0.717) is 47.0 Å². The number of benzene rings is 2. The molecule has 1 heterocycles. The van der Waals surface area contributed by atoms with E-state index in [1.165, 1.54) is 12.1 Å². The van der Waals surface area contributed by atoms with Crippen LogP contribution in [0.25, 0.3) is 11.3 Å². The Hall–Kier alpha value is -3.69. The van der Waals surface area contributed by atoms with E-state index in [1.54, 1.807) is 38.4 Å². The van der Waals surface area contributed by atoms with Gasteiger partial charge in [-0.1, -0.05) is 11.6 Å². The third kappa shape index (κ3) is 7.49. The Labute approximate surface area is 238 Å². The molecule has 1 fully saturated rings. The van der Waals surface area contributed by atoms with Crippen molar-refractivity contribution in [1.82, 2.24) is 20.9 Å². The highest BCUT2D eigenvalue weighted by Gasteiger charge is 2.26. The van der Waals surface area contributed by atoms with Crippen LogP contribution in [0.1, 0.15) is 48.3 Å². The molecular formula is C30H34ClFN4O4. The molecule has 10 heteroatoms. The average Bonchev–Trinajstić information content (AvgIpc) is 3.74. The Morgan fingerprint density at radius 2 is 1.88 bits per heavy atom. The molecule has 0 aliphatic heterocycles. The second kappa shape index (κ2) is 12.7. The first-order valence-electron chi connectivity index (χ1n) is 13.1. The van der Waals surface area contributed by atoms with E-state index >= 15 is 0 Å².